The maximum Gasteiger partial charge on any atom is 0.338 e. The van der Waals surface area contributed by atoms with Crippen molar-refractivity contribution in [3.8, 4) is 0 Å². The number of ether oxygens (including phenoxy) is 2. The first-order valence-corrected chi connectivity index (χ1v) is 12.2. The Balaban J connectivity index is 1.98. The summed E-state index contributed by atoms with van der Waals surface area (Å²) in [5, 5.41) is 0. The summed E-state index contributed by atoms with van der Waals surface area (Å²) in [6.07, 6.45) is 2.14. The van der Waals surface area contributed by atoms with Gasteiger partial charge in [-0.1, -0.05) is 23.5 Å². The number of nitrogens with zero attached hydrogens (tertiary/aromatic N) is 2. The van der Waals surface area contributed by atoms with E-state index in [4.69, 9.17) is 9.47 Å². The molecule has 3 aromatic rings. The molecule has 0 aliphatic carbocycles. The Hall–Kier alpha value is -2.91. The van der Waals surface area contributed by atoms with Crippen molar-refractivity contribution in [1.29, 1.82) is 0 Å². The van der Waals surface area contributed by atoms with Gasteiger partial charge in [-0.3, -0.25) is 9.59 Å². The monoisotopic (exact) mass is 472 g/mol. The van der Waals surface area contributed by atoms with E-state index >= 15 is 0 Å². The molecule has 3 rings (SSSR count). The van der Waals surface area contributed by atoms with Crippen molar-refractivity contribution in [3.63, 3.8) is 0 Å². The zero-order chi connectivity index (χ0) is 23.1. The molecule has 0 aliphatic heterocycles. The molecule has 0 bridgehead atoms. The molecule has 2 aromatic carbocycles. The molecule has 0 aliphatic rings. The molecule has 168 valence electrons. The van der Waals surface area contributed by atoms with Crippen LogP contribution in [0.2, 0.25) is 0 Å². The van der Waals surface area contributed by atoms with E-state index in [-0.39, 0.29) is 32.1 Å². The minimum Gasteiger partial charge on any atom is -0.465 e. The highest BCUT2D eigenvalue weighted by atomic mass is 32.2. The van der Waals surface area contributed by atoms with Crippen molar-refractivity contribution in [1.82, 2.24) is 4.57 Å². The first-order valence-electron chi connectivity index (χ1n) is 10.1. The van der Waals surface area contributed by atoms with E-state index in [1.165, 1.54) is 11.3 Å². The highest BCUT2D eigenvalue weighted by molar-refractivity contribution is 7.98. The van der Waals surface area contributed by atoms with Crippen LogP contribution < -0.4 is 4.80 Å². The number of amides is 1. The molecule has 0 unspecified atom stereocenters. The van der Waals surface area contributed by atoms with Crippen LogP contribution >= 0.6 is 23.1 Å². The maximum absolute atomic E-state index is 12.7. The van der Waals surface area contributed by atoms with E-state index in [1.54, 1.807) is 48.4 Å². The minimum atomic E-state index is -0.428. The van der Waals surface area contributed by atoms with Crippen molar-refractivity contribution in [2.24, 2.45) is 4.99 Å². The number of thiazole rings is 1. The van der Waals surface area contributed by atoms with Crippen LogP contribution in [-0.2, 0) is 32.0 Å². The number of hydrogen-bond donors (Lipinski definition) is 0. The summed E-state index contributed by atoms with van der Waals surface area (Å²) in [5.41, 5.74) is 1.95. The van der Waals surface area contributed by atoms with Gasteiger partial charge in [0.1, 0.15) is 6.54 Å². The van der Waals surface area contributed by atoms with E-state index in [9.17, 15) is 14.4 Å². The molecule has 0 saturated heterocycles. The number of esters is 2. The lowest BCUT2D eigenvalue weighted by molar-refractivity contribution is -0.143. The van der Waals surface area contributed by atoms with Crippen LogP contribution in [0.25, 0.3) is 10.2 Å². The number of thioether (sulfide) groups is 1. The lowest BCUT2D eigenvalue weighted by Gasteiger charge is -2.06. The van der Waals surface area contributed by atoms with E-state index in [2.05, 4.69) is 4.99 Å². The Morgan fingerprint density at radius 3 is 2.41 bits per heavy atom. The van der Waals surface area contributed by atoms with E-state index in [0.29, 0.717) is 15.9 Å². The third-order valence-electron chi connectivity index (χ3n) is 4.52. The fourth-order valence-electron chi connectivity index (χ4n) is 3.05. The van der Waals surface area contributed by atoms with Gasteiger partial charge >= 0.3 is 11.9 Å². The maximum atomic E-state index is 12.7. The Morgan fingerprint density at radius 1 is 1.03 bits per heavy atom. The van der Waals surface area contributed by atoms with E-state index in [1.807, 2.05) is 30.5 Å². The molecule has 0 spiro atoms. The first kappa shape index (κ1) is 23.7. The van der Waals surface area contributed by atoms with Crippen LogP contribution in [0.3, 0.4) is 0 Å². The molecule has 0 atom stereocenters. The lowest BCUT2D eigenvalue weighted by atomic mass is 10.1. The molecule has 0 N–H and O–H groups in total. The third kappa shape index (κ3) is 5.86. The molecule has 32 heavy (non-hydrogen) atoms. The number of rotatable bonds is 8. The number of hydrogen-bond acceptors (Lipinski definition) is 7. The average Bonchev–Trinajstić information content (AvgIpc) is 3.10. The van der Waals surface area contributed by atoms with Gasteiger partial charge in [-0.05, 0) is 56.0 Å². The number of fused-ring (bicyclic) bond motifs is 1. The summed E-state index contributed by atoms with van der Waals surface area (Å²) < 4.78 is 12.5. The van der Waals surface area contributed by atoms with Crippen LogP contribution in [0.1, 0.15) is 29.8 Å². The second-order valence-corrected chi connectivity index (χ2v) is 8.60. The van der Waals surface area contributed by atoms with Crippen LogP contribution in [-0.4, -0.2) is 41.9 Å². The molecule has 0 saturated carbocycles. The van der Waals surface area contributed by atoms with Crippen molar-refractivity contribution >= 4 is 51.2 Å². The molecule has 1 amide bonds. The number of aromatic nitrogens is 1. The van der Waals surface area contributed by atoms with Gasteiger partial charge in [0.25, 0.3) is 5.91 Å². The second kappa shape index (κ2) is 11.1. The predicted molar refractivity (Wildman–Crippen MR) is 125 cm³/mol. The summed E-state index contributed by atoms with van der Waals surface area (Å²) in [4.78, 5) is 42.7. The topological polar surface area (TPSA) is 87.0 Å². The summed E-state index contributed by atoms with van der Waals surface area (Å²) in [6.45, 7) is 3.92. The van der Waals surface area contributed by atoms with Crippen LogP contribution in [0.4, 0.5) is 0 Å². The average molecular weight is 473 g/mol. The molecule has 1 heterocycles. The molecule has 0 radical (unpaired) electrons. The predicted octanol–water partition coefficient (Wildman–Crippen LogP) is 3.83. The van der Waals surface area contributed by atoms with Gasteiger partial charge in [0.2, 0.25) is 0 Å². The largest absolute Gasteiger partial charge is 0.465 e. The van der Waals surface area contributed by atoms with Crippen molar-refractivity contribution in [2.45, 2.75) is 31.7 Å². The molecular weight excluding hydrogens is 448 g/mol. The number of carbonyl (C=O) groups excluding carboxylic acids is 3. The molecule has 1 aromatic heterocycles. The molecule has 7 nitrogen and oxygen atoms in total. The summed E-state index contributed by atoms with van der Waals surface area (Å²) in [7, 11) is 0. The Bertz CT molecular complexity index is 1200. The zero-order valence-corrected chi connectivity index (χ0v) is 19.8. The summed E-state index contributed by atoms with van der Waals surface area (Å²) in [5.74, 6) is -1.18. The van der Waals surface area contributed by atoms with Crippen LogP contribution in [0, 0.1) is 0 Å². The lowest BCUT2D eigenvalue weighted by Crippen LogP contribution is -2.23. The van der Waals surface area contributed by atoms with Gasteiger partial charge in [-0.15, -0.1) is 11.8 Å². The van der Waals surface area contributed by atoms with E-state index in [0.717, 1.165) is 15.2 Å². The third-order valence-corrected chi connectivity index (χ3v) is 6.31. The SMILES string of the molecule is CCOC(=O)Cn1c(=NC(=O)Cc2ccc(SC)cc2)sc2cc(C(=O)OCC)ccc21. The fourth-order valence-corrected chi connectivity index (χ4v) is 4.55. The van der Waals surface area contributed by atoms with Gasteiger partial charge in [-0.2, -0.15) is 4.99 Å². The number of carbonyl (C=O) groups is 3. The van der Waals surface area contributed by atoms with Gasteiger partial charge in [0, 0.05) is 4.90 Å². The number of benzene rings is 2. The van der Waals surface area contributed by atoms with Crippen molar-refractivity contribution < 1.29 is 23.9 Å². The highest BCUT2D eigenvalue weighted by Gasteiger charge is 2.15. The van der Waals surface area contributed by atoms with Crippen LogP contribution in [0.5, 0.6) is 0 Å². The standard InChI is InChI=1S/C23H24N2O5S2/c1-4-29-21(27)14-25-18-11-8-16(22(28)30-5-2)13-19(18)32-23(25)24-20(26)12-15-6-9-17(31-3)10-7-15/h6-11,13H,4-5,12,14H2,1-3H3. The minimum absolute atomic E-state index is 0.0822. The highest BCUT2D eigenvalue weighted by Crippen LogP contribution is 2.20. The van der Waals surface area contributed by atoms with Crippen molar-refractivity contribution in [2.75, 3.05) is 19.5 Å². The van der Waals surface area contributed by atoms with Gasteiger partial charge < -0.3 is 14.0 Å². The second-order valence-electron chi connectivity index (χ2n) is 6.71. The quantitative estimate of drug-likeness (QED) is 0.366. The Labute approximate surface area is 194 Å². The first-order chi connectivity index (χ1) is 15.4. The summed E-state index contributed by atoms with van der Waals surface area (Å²) in [6, 6.07) is 12.8. The van der Waals surface area contributed by atoms with Crippen molar-refractivity contribution in [3.05, 3.63) is 58.4 Å². The van der Waals surface area contributed by atoms with Gasteiger partial charge in [0.15, 0.2) is 4.80 Å². The van der Waals surface area contributed by atoms with Gasteiger partial charge in [-0.25, -0.2) is 4.79 Å². The van der Waals surface area contributed by atoms with E-state index < -0.39 is 11.9 Å². The molecular formula is C23H24N2O5S2. The van der Waals surface area contributed by atoms with Gasteiger partial charge in [0.05, 0.1) is 35.4 Å². The zero-order valence-electron chi connectivity index (χ0n) is 18.1. The fraction of sp³-hybridized carbons (Fsp3) is 0.304. The Kier molecular flexibility index (Phi) is 8.24. The smallest absolute Gasteiger partial charge is 0.338 e. The normalized spacial score (nSPS) is 11.5. The van der Waals surface area contributed by atoms with Crippen LogP contribution in [0.15, 0.2) is 52.4 Å². The molecule has 9 heteroatoms. The molecule has 0 fully saturated rings. The summed E-state index contributed by atoms with van der Waals surface area (Å²) >= 11 is 2.87. The Morgan fingerprint density at radius 2 is 1.75 bits per heavy atom.